The summed E-state index contributed by atoms with van der Waals surface area (Å²) < 4.78 is 1.63. The van der Waals surface area contributed by atoms with Crippen molar-refractivity contribution in [1.29, 1.82) is 0 Å². The third kappa shape index (κ3) is 2.79. The molecular formula is C17H17N3O2. The van der Waals surface area contributed by atoms with Gasteiger partial charge in [0.1, 0.15) is 0 Å². The van der Waals surface area contributed by atoms with Crippen LogP contribution in [0.4, 0.5) is 0 Å². The zero-order valence-corrected chi connectivity index (χ0v) is 12.3. The zero-order valence-electron chi connectivity index (χ0n) is 12.3. The van der Waals surface area contributed by atoms with E-state index in [2.05, 4.69) is 10.3 Å². The highest BCUT2D eigenvalue weighted by atomic mass is 16.2. The Labute approximate surface area is 127 Å². The normalized spacial score (nSPS) is 10.8. The average Bonchev–Trinajstić information content (AvgIpc) is 2.83. The van der Waals surface area contributed by atoms with Crippen LogP contribution in [-0.4, -0.2) is 22.0 Å². The molecule has 0 saturated heterocycles. The quantitative estimate of drug-likeness (QED) is 0.773. The third-order valence-electron chi connectivity index (χ3n) is 3.58. The summed E-state index contributed by atoms with van der Waals surface area (Å²) in [7, 11) is 0. The molecule has 5 nitrogen and oxygen atoms in total. The topological polar surface area (TPSA) is 66.9 Å². The Kier molecular flexibility index (Phi) is 3.78. The van der Waals surface area contributed by atoms with Gasteiger partial charge < -0.3 is 10.3 Å². The summed E-state index contributed by atoms with van der Waals surface area (Å²) in [5.74, 6) is -0.128. The minimum absolute atomic E-state index is 0.128. The highest BCUT2D eigenvalue weighted by Crippen LogP contribution is 2.08. The number of hydrogen-bond acceptors (Lipinski definition) is 2. The largest absolute Gasteiger partial charge is 0.350 e. The second kappa shape index (κ2) is 5.89. The lowest BCUT2D eigenvalue weighted by Crippen LogP contribution is -2.30. The van der Waals surface area contributed by atoms with Gasteiger partial charge in [-0.2, -0.15) is 0 Å². The van der Waals surface area contributed by atoms with E-state index in [4.69, 9.17) is 0 Å². The predicted molar refractivity (Wildman–Crippen MR) is 86.1 cm³/mol. The fourth-order valence-electron chi connectivity index (χ4n) is 2.50. The van der Waals surface area contributed by atoms with Gasteiger partial charge in [-0.15, -0.1) is 0 Å². The Bertz CT molecular complexity index is 877. The van der Waals surface area contributed by atoms with E-state index in [9.17, 15) is 9.59 Å². The van der Waals surface area contributed by atoms with Crippen molar-refractivity contribution >= 4 is 16.9 Å². The first-order valence-corrected chi connectivity index (χ1v) is 7.17. The van der Waals surface area contributed by atoms with Crippen molar-refractivity contribution in [3.05, 3.63) is 70.1 Å². The van der Waals surface area contributed by atoms with Crippen LogP contribution >= 0.6 is 0 Å². The highest BCUT2D eigenvalue weighted by Gasteiger charge is 2.07. The maximum atomic E-state index is 12.1. The molecule has 0 radical (unpaired) electrons. The summed E-state index contributed by atoms with van der Waals surface area (Å²) in [5.41, 5.74) is 3.16. The molecule has 0 aliphatic rings. The monoisotopic (exact) mass is 295 g/mol. The molecule has 0 saturated carbocycles. The smallest absolute Gasteiger partial charge is 0.326 e. The lowest BCUT2D eigenvalue weighted by molar-refractivity contribution is 0.0952. The number of H-pyrrole nitrogens is 1. The van der Waals surface area contributed by atoms with Gasteiger partial charge in [-0.3, -0.25) is 9.36 Å². The van der Waals surface area contributed by atoms with Crippen molar-refractivity contribution in [3.63, 3.8) is 0 Å². The van der Waals surface area contributed by atoms with Crippen LogP contribution in [0.3, 0.4) is 0 Å². The number of carbonyl (C=O) groups excluding carboxylic acids is 1. The number of nitrogens with zero attached hydrogens (tertiary/aromatic N) is 1. The number of para-hydroxylation sites is 2. The van der Waals surface area contributed by atoms with E-state index in [1.807, 2.05) is 49.4 Å². The van der Waals surface area contributed by atoms with Gasteiger partial charge in [0, 0.05) is 18.7 Å². The van der Waals surface area contributed by atoms with Crippen LogP contribution in [0.5, 0.6) is 0 Å². The highest BCUT2D eigenvalue weighted by molar-refractivity contribution is 5.94. The molecule has 0 fully saturated rings. The maximum absolute atomic E-state index is 12.1. The summed E-state index contributed by atoms with van der Waals surface area (Å²) in [6.45, 7) is 2.78. The first kappa shape index (κ1) is 14.1. The van der Waals surface area contributed by atoms with Gasteiger partial charge in [-0.1, -0.05) is 29.8 Å². The lowest BCUT2D eigenvalue weighted by Gasteiger charge is -2.07. The van der Waals surface area contributed by atoms with Crippen molar-refractivity contribution in [3.8, 4) is 0 Å². The number of benzene rings is 2. The Morgan fingerprint density at radius 3 is 2.82 bits per heavy atom. The van der Waals surface area contributed by atoms with Gasteiger partial charge in [-0.25, -0.2) is 4.79 Å². The van der Waals surface area contributed by atoms with Gasteiger partial charge in [0.05, 0.1) is 11.0 Å². The standard InChI is InChI=1S/C17H17N3O2/c1-12-5-4-6-13(11-12)16(21)18-9-10-20-15-8-3-2-7-14(15)19-17(20)22/h2-8,11H,9-10H2,1H3,(H,18,21)(H,19,22). The molecule has 1 heterocycles. The SMILES string of the molecule is Cc1cccc(C(=O)NCCn2c(=O)[nH]c3ccccc32)c1. The Morgan fingerprint density at radius 1 is 1.18 bits per heavy atom. The number of aryl methyl sites for hydroxylation is 1. The first-order valence-electron chi connectivity index (χ1n) is 7.17. The average molecular weight is 295 g/mol. The van der Waals surface area contributed by atoms with Crippen LogP contribution in [0.25, 0.3) is 11.0 Å². The minimum Gasteiger partial charge on any atom is -0.350 e. The molecule has 22 heavy (non-hydrogen) atoms. The summed E-state index contributed by atoms with van der Waals surface area (Å²) >= 11 is 0. The van der Waals surface area contributed by atoms with Crippen molar-refractivity contribution in [2.45, 2.75) is 13.5 Å². The second-order valence-electron chi connectivity index (χ2n) is 5.22. The van der Waals surface area contributed by atoms with Crippen LogP contribution in [0.15, 0.2) is 53.3 Å². The van der Waals surface area contributed by atoms with E-state index >= 15 is 0 Å². The number of aromatic nitrogens is 2. The fourth-order valence-corrected chi connectivity index (χ4v) is 2.50. The van der Waals surface area contributed by atoms with Gasteiger partial charge >= 0.3 is 5.69 Å². The van der Waals surface area contributed by atoms with Gasteiger partial charge in [-0.05, 0) is 31.2 Å². The molecule has 3 rings (SSSR count). The molecule has 1 aromatic heterocycles. The van der Waals surface area contributed by atoms with E-state index in [-0.39, 0.29) is 11.6 Å². The van der Waals surface area contributed by atoms with Crippen molar-refractivity contribution in [2.75, 3.05) is 6.54 Å². The van der Waals surface area contributed by atoms with Crippen LogP contribution in [0.1, 0.15) is 15.9 Å². The van der Waals surface area contributed by atoms with E-state index in [1.54, 1.807) is 10.6 Å². The van der Waals surface area contributed by atoms with E-state index in [1.165, 1.54) is 0 Å². The number of amides is 1. The number of carbonyl (C=O) groups is 1. The molecule has 0 bridgehead atoms. The zero-order chi connectivity index (χ0) is 15.5. The molecule has 112 valence electrons. The predicted octanol–water partition coefficient (Wildman–Crippen LogP) is 2.07. The lowest BCUT2D eigenvalue weighted by atomic mass is 10.1. The van der Waals surface area contributed by atoms with Gasteiger partial charge in [0.25, 0.3) is 5.91 Å². The van der Waals surface area contributed by atoms with E-state index in [0.717, 1.165) is 16.6 Å². The van der Waals surface area contributed by atoms with Crippen molar-refractivity contribution < 1.29 is 4.79 Å². The number of fused-ring (bicyclic) bond motifs is 1. The van der Waals surface area contributed by atoms with Crippen molar-refractivity contribution in [2.24, 2.45) is 0 Å². The Morgan fingerprint density at radius 2 is 2.00 bits per heavy atom. The number of aromatic amines is 1. The number of hydrogen-bond donors (Lipinski definition) is 2. The van der Waals surface area contributed by atoms with Gasteiger partial charge in [0.15, 0.2) is 0 Å². The molecular weight excluding hydrogens is 278 g/mol. The van der Waals surface area contributed by atoms with E-state index in [0.29, 0.717) is 18.7 Å². The third-order valence-corrected chi connectivity index (χ3v) is 3.58. The minimum atomic E-state index is -0.161. The summed E-state index contributed by atoms with van der Waals surface area (Å²) in [6, 6.07) is 14.9. The number of nitrogens with one attached hydrogen (secondary N) is 2. The molecule has 0 atom stereocenters. The number of rotatable bonds is 4. The first-order chi connectivity index (χ1) is 10.6. The molecule has 0 aliphatic carbocycles. The van der Waals surface area contributed by atoms with Crippen LogP contribution in [0.2, 0.25) is 0 Å². The molecule has 1 amide bonds. The molecule has 3 aromatic rings. The Hall–Kier alpha value is -2.82. The Balaban J connectivity index is 1.69. The van der Waals surface area contributed by atoms with Crippen LogP contribution in [0, 0.1) is 6.92 Å². The van der Waals surface area contributed by atoms with Crippen LogP contribution < -0.4 is 11.0 Å². The molecule has 2 aromatic carbocycles. The number of imidazole rings is 1. The molecule has 0 aliphatic heterocycles. The van der Waals surface area contributed by atoms with Crippen molar-refractivity contribution in [1.82, 2.24) is 14.9 Å². The molecule has 0 spiro atoms. The molecule has 5 heteroatoms. The van der Waals surface area contributed by atoms with Gasteiger partial charge in [0.2, 0.25) is 0 Å². The molecule has 2 N–H and O–H groups in total. The van der Waals surface area contributed by atoms with Crippen LogP contribution in [-0.2, 0) is 6.54 Å². The summed E-state index contributed by atoms with van der Waals surface area (Å²) in [6.07, 6.45) is 0. The second-order valence-corrected chi connectivity index (χ2v) is 5.22. The summed E-state index contributed by atoms with van der Waals surface area (Å²) in [4.78, 5) is 26.8. The van der Waals surface area contributed by atoms with E-state index < -0.39 is 0 Å². The summed E-state index contributed by atoms with van der Waals surface area (Å²) in [5, 5.41) is 2.84. The fraction of sp³-hybridized carbons (Fsp3) is 0.176. The maximum Gasteiger partial charge on any atom is 0.326 e. The molecule has 0 unspecified atom stereocenters.